The van der Waals surface area contributed by atoms with Gasteiger partial charge in [0.1, 0.15) is 6.04 Å². The summed E-state index contributed by atoms with van der Waals surface area (Å²) >= 11 is 5.75. The van der Waals surface area contributed by atoms with Gasteiger partial charge in [0.05, 0.1) is 0 Å². The zero-order valence-electron chi connectivity index (χ0n) is 12.0. The topological polar surface area (TPSA) is 87.3 Å². The van der Waals surface area contributed by atoms with E-state index < -0.39 is 6.04 Å². The number of rotatable bonds is 5. The van der Waals surface area contributed by atoms with E-state index in [0.717, 1.165) is 6.42 Å². The first-order valence-corrected chi connectivity index (χ1v) is 7.55. The molecule has 1 aliphatic heterocycles. The van der Waals surface area contributed by atoms with Crippen LogP contribution in [-0.4, -0.2) is 36.9 Å². The summed E-state index contributed by atoms with van der Waals surface area (Å²) in [5, 5.41) is 8.58. The Balaban J connectivity index is 1.71. The molecule has 0 saturated carbocycles. The highest BCUT2D eigenvalue weighted by atomic mass is 35.5. The molecule has 1 saturated heterocycles. The van der Waals surface area contributed by atoms with Gasteiger partial charge < -0.3 is 16.0 Å². The SMILES string of the molecule is O=C(CCNC(=O)c1ccc(Cl)cc1)N[C@@H]1CCCNC1=O. The second-order valence-electron chi connectivity index (χ2n) is 5.07. The molecule has 7 heteroatoms. The number of piperidine rings is 1. The summed E-state index contributed by atoms with van der Waals surface area (Å²) in [7, 11) is 0. The Bertz CT molecular complexity index is 560. The van der Waals surface area contributed by atoms with Crippen LogP contribution in [0.25, 0.3) is 0 Å². The molecule has 0 aromatic heterocycles. The Morgan fingerprint density at radius 1 is 1.27 bits per heavy atom. The molecule has 3 N–H and O–H groups in total. The number of nitrogens with one attached hydrogen (secondary N) is 3. The molecule has 1 aliphatic rings. The van der Waals surface area contributed by atoms with Gasteiger partial charge in [-0.3, -0.25) is 14.4 Å². The highest BCUT2D eigenvalue weighted by Gasteiger charge is 2.23. The van der Waals surface area contributed by atoms with Crippen molar-refractivity contribution in [1.29, 1.82) is 0 Å². The van der Waals surface area contributed by atoms with Gasteiger partial charge in [0.2, 0.25) is 11.8 Å². The van der Waals surface area contributed by atoms with Gasteiger partial charge in [-0.25, -0.2) is 0 Å². The summed E-state index contributed by atoms with van der Waals surface area (Å²) in [6.45, 7) is 0.865. The lowest BCUT2D eigenvalue weighted by molar-refractivity contribution is -0.130. The van der Waals surface area contributed by atoms with E-state index in [1.807, 2.05) is 0 Å². The molecule has 2 rings (SSSR count). The van der Waals surface area contributed by atoms with Crippen molar-refractivity contribution < 1.29 is 14.4 Å². The van der Waals surface area contributed by atoms with Crippen LogP contribution in [-0.2, 0) is 9.59 Å². The Labute approximate surface area is 133 Å². The minimum absolute atomic E-state index is 0.128. The van der Waals surface area contributed by atoms with Crippen LogP contribution in [0.4, 0.5) is 0 Å². The third-order valence-electron chi connectivity index (χ3n) is 3.36. The maximum Gasteiger partial charge on any atom is 0.251 e. The van der Waals surface area contributed by atoms with Gasteiger partial charge in [0, 0.05) is 30.1 Å². The Hall–Kier alpha value is -2.08. The van der Waals surface area contributed by atoms with Crippen LogP contribution in [0, 0.1) is 0 Å². The molecule has 0 bridgehead atoms. The summed E-state index contributed by atoms with van der Waals surface area (Å²) in [6, 6.07) is 6.03. The van der Waals surface area contributed by atoms with E-state index in [2.05, 4.69) is 16.0 Å². The van der Waals surface area contributed by atoms with Crippen molar-refractivity contribution in [2.45, 2.75) is 25.3 Å². The number of carbonyl (C=O) groups excluding carboxylic acids is 3. The van der Waals surface area contributed by atoms with Crippen molar-refractivity contribution in [3.8, 4) is 0 Å². The molecule has 0 radical (unpaired) electrons. The van der Waals surface area contributed by atoms with E-state index in [1.54, 1.807) is 24.3 Å². The van der Waals surface area contributed by atoms with Crippen molar-refractivity contribution in [3.63, 3.8) is 0 Å². The average Bonchev–Trinajstić information content (AvgIpc) is 2.50. The maximum absolute atomic E-state index is 11.8. The zero-order chi connectivity index (χ0) is 15.9. The number of benzene rings is 1. The van der Waals surface area contributed by atoms with Crippen LogP contribution in [0.5, 0.6) is 0 Å². The highest BCUT2D eigenvalue weighted by molar-refractivity contribution is 6.30. The third kappa shape index (κ3) is 4.73. The Kier molecular flexibility index (Phi) is 5.77. The van der Waals surface area contributed by atoms with Gasteiger partial charge >= 0.3 is 0 Å². The van der Waals surface area contributed by atoms with Crippen molar-refractivity contribution >= 4 is 29.3 Å². The number of carbonyl (C=O) groups is 3. The molecule has 1 aromatic carbocycles. The summed E-state index contributed by atoms with van der Waals surface area (Å²) in [4.78, 5) is 35.1. The molecular weight excluding hydrogens is 306 g/mol. The van der Waals surface area contributed by atoms with Crippen LogP contribution in [0.1, 0.15) is 29.6 Å². The monoisotopic (exact) mass is 323 g/mol. The second kappa shape index (κ2) is 7.79. The van der Waals surface area contributed by atoms with Gasteiger partial charge in [-0.2, -0.15) is 0 Å². The van der Waals surface area contributed by atoms with Gasteiger partial charge in [-0.1, -0.05) is 11.6 Å². The van der Waals surface area contributed by atoms with E-state index in [4.69, 9.17) is 11.6 Å². The lowest BCUT2D eigenvalue weighted by atomic mass is 10.1. The standard InChI is InChI=1S/C15H18ClN3O3/c16-11-5-3-10(4-6-11)14(21)18-9-7-13(20)19-12-2-1-8-17-15(12)22/h3-6,12H,1-2,7-9H2,(H,17,22)(H,18,21)(H,19,20)/t12-/m1/s1. The van der Waals surface area contributed by atoms with Crippen LogP contribution in [0.15, 0.2) is 24.3 Å². The van der Waals surface area contributed by atoms with E-state index in [9.17, 15) is 14.4 Å². The first-order valence-electron chi connectivity index (χ1n) is 7.17. The van der Waals surface area contributed by atoms with Crippen molar-refractivity contribution in [3.05, 3.63) is 34.9 Å². The summed E-state index contributed by atoms with van der Waals surface area (Å²) in [6.07, 6.45) is 1.63. The molecule has 1 fully saturated rings. The number of amides is 3. The largest absolute Gasteiger partial charge is 0.354 e. The van der Waals surface area contributed by atoms with Crippen LogP contribution >= 0.6 is 11.6 Å². The zero-order valence-corrected chi connectivity index (χ0v) is 12.8. The molecular formula is C15H18ClN3O3. The first kappa shape index (κ1) is 16.3. The number of hydrogen-bond acceptors (Lipinski definition) is 3. The van der Waals surface area contributed by atoms with E-state index >= 15 is 0 Å². The van der Waals surface area contributed by atoms with Crippen molar-refractivity contribution in [1.82, 2.24) is 16.0 Å². The van der Waals surface area contributed by atoms with Gasteiger partial charge in [-0.15, -0.1) is 0 Å². The Morgan fingerprint density at radius 3 is 2.68 bits per heavy atom. The molecule has 3 amide bonds. The third-order valence-corrected chi connectivity index (χ3v) is 3.62. The van der Waals surface area contributed by atoms with Gasteiger partial charge in [0.15, 0.2) is 0 Å². The van der Waals surface area contributed by atoms with Crippen LogP contribution < -0.4 is 16.0 Å². The van der Waals surface area contributed by atoms with Gasteiger partial charge in [0.25, 0.3) is 5.91 Å². The Morgan fingerprint density at radius 2 is 2.00 bits per heavy atom. The number of hydrogen-bond donors (Lipinski definition) is 3. The molecule has 118 valence electrons. The predicted octanol–water partition coefficient (Wildman–Crippen LogP) is 0.855. The minimum Gasteiger partial charge on any atom is -0.354 e. The van der Waals surface area contributed by atoms with Crippen LogP contribution in [0.3, 0.4) is 0 Å². The smallest absolute Gasteiger partial charge is 0.251 e. The van der Waals surface area contributed by atoms with Crippen LogP contribution in [0.2, 0.25) is 5.02 Å². The summed E-state index contributed by atoms with van der Waals surface area (Å²) < 4.78 is 0. The quantitative estimate of drug-likeness (QED) is 0.751. The fourth-order valence-corrected chi connectivity index (χ4v) is 2.30. The molecule has 1 aromatic rings. The first-order chi connectivity index (χ1) is 10.6. The molecule has 6 nitrogen and oxygen atoms in total. The van der Waals surface area contributed by atoms with E-state index in [-0.39, 0.29) is 30.7 Å². The molecule has 0 unspecified atom stereocenters. The van der Waals surface area contributed by atoms with E-state index in [1.165, 1.54) is 0 Å². The lowest BCUT2D eigenvalue weighted by Gasteiger charge is -2.22. The number of halogens is 1. The van der Waals surface area contributed by atoms with Crippen molar-refractivity contribution in [2.75, 3.05) is 13.1 Å². The van der Waals surface area contributed by atoms with Gasteiger partial charge in [-0.05, 0) is 37.1 Å². The van der Waals surface area contributed by atoms with Crippen molar-refractivity contribution in [2.24, 2.45) is 0 Å². The highest BCUT2D eigenvalue weighted by Crippen LogP contribution is 2.09. The molecule has 1 heterocycles. The lowest BCUT2D eigenvalue weighted by Crippen LogP contribution is -2.50. The fourth-order valence-electron chi connectivity index (χ4n) is 2.17. The predicted molar refractivity (Wildman–Crippen MR) is 82.6 cm³/mol. The fraction of sp³-hybridized carbons (Fsp3) is 0.400. The summed E-state index contributed by atoms with van der Waals surface area (Å²) in [5.41, 5.74) is 0.483. The van der Waals surface area contributed by atoms with E-state index in [0.29, 0.717) is 23.6 Å². The second-order valence-corrected chi connectivity index (χ2v) is 5.50. The normalized spacial score (nSPS) is 17.5. The molecule has 0 aliphatic carbocycles. The maximum atomic E-state index is 11.8. The molecule has 1 atom stereocenters. The summed E-state index contributed by atoms with van der Waals surface area (Å²) in [5.74, 6) is -0.664. The molecule has 0 spiro atoms. The molecule has 22 heavy (non-hydrogen) atoms. The minimum atomic E-state index is -0.465. The average molecular weight is 324 g/mol.